The standard InChI is InChI=1S/C16H23N3O.ClH/c1-13(2)11-19-12-14(9-18-19)8-17-10-15-6-4-5-7-16(15)20-3;/h4-7,9,12-13,17H,8,10-11H2,1-3H3;1H. The zero-order valence-corrected chi connectivity index (χ0v) is 13.7. The van der Waals surface area contributed by atoms with E-state index in [1.165, 1.54) is 11.1 Å². The number of rotatable bonds is 7. The molecule has 0 atom stereocenters. The van der Waals surface area contributed by atoms with Gasteiger partial charge in [0.05, 0.1) is 13.3 Å². The molecular formula is C16H24ClN3O. The highest BCUT2D eigenvalue weighted by Gasteiger charge is 2.03. The molecule has 0 aliphatic heterocycles. The quantitative estimate of drug-likeness (QED) is 0.853. The second-order valence-corrected chi connectivity index (χ2v) is 5.38. The van der Waals surface area contributed by atoms with E-state index in [0.29, 0.717) is 5.92 Å². The van der Waals surface area contributed by atoms with Crippen LogP contribution in [0.25, 0.3) is 0 Å². The summed E-state index contributed by atoms with van der Waals surface area (Å²) in [4.78, 5) is 0. The first kappa shape index (κ1) is 17.5. The number of methoxy groups -OCH3 is 1. The Bertz CT molecular complexity index is 540. The Hall–Kier alpha value is -1.52. The molecule has 4 nitrogen and oxygen atoms in total. The maximum atomic E-state index is 5.34. The van der Waals surface area contributed by atoms with Gasteiger partial charge in [-0.2, -0.15) is 5.10 Å². The van der Waals surface area contributed by atoms with E-state index >= 15 is 0 Å². The highest BCUT2D eigenvalue weighted by atomic mass is 35.5. The van der Waals surface area contributed by atoms with Crippen molar-refractivity contribution in [1.82, 2.24) is 15.1 Å². The second kappa shape index (κ2) is 8.70. The SMILES string of the molecule is COc1ccccc1CNCc1cnn(CC(C)C)c1.Cl. The van der Waals surface area contributed by atoms with Gasteiger partial charge in [-0.05, 0) is 12.0 Å². The van der Waals surface area contributed by atoms with Crippen LogP contribution in [-0.4, -0.2) is 16.9 Å². The number of ether oxygens (including phenoxy) is 1. The molecule has 0 saturated heterocycles. The first-order valence-corrected chi connectivity index (χ1v) is 7.03. The van der Waals surface area contributed by atoms with Crippen LogP contribution in [-0.2, 0) is 19.6 Å². The first-order chi connectivity index (χ1) is 9.69. The molecule has 1 N–H and O–H groups in total. The van der Waals surface area contributed by atoms with Gasteiger partial charge in [0.2, 0.25) is 0 Å². The molecule has 0 radical (unpaired) electrons. The van der Waals surface area contributed by atoms with Crippen LogP contribution >= 0.6 is 12.4 Å². The molecule has 0 aliphatic rings. The number of hydrogen-bond donors (Lipinski definition) is 1. The lowest BCUT2D eigenvalue weighted by Crippen LogP contribution is -2.13. The largest absolute Gasteiger partial charge is 0.496 e. The molecule has 0 bridgehead atoms. The minimum atomic E-state index is 0. The van der Waals surface area contributed by atoms with Gasteiger partial charge in [-0.25, -0.2) is 0 Å². The van der Waals surface area contributed by atoms with Gasteiger partial charge in [-0.15, -0.1) is 12.4 Å². The molecule has 21 heavy (non-hydrogen) atoms. The molecule has 116 valence electrons. The fraction of sp³-hybridized carbons (Fsp3) is 0.438. The van der Waals surface area contributed by atoms with Crippen molar-refractivity contribution in [1.29, 1.82) is 0 Å². The van der Waals surface area contributed by atoms with Gasteiger partial charge < -0.3 is 10.1 Å². The third-order valence-corrected chi connectivity index (χ3v) is 3.08. The number of para-hydroxylation sites is 1. The average molecular weight is 310 g/mol. The number of nitrogens with zero attached hydrogens (tertiary/aromatic N) is 2. The maximum Gasteiger partial charge on any atom is 0.123 e. The summed E-state index contributed by atoms with van der Waals surface area (Å²) in [6, 6.07) is 8.07. The molecule has 1 aromatic carbocycles. The zero-order chi connectivity index (χ0) is 14.4. The fourth-order valence-corrected chi connectivity index (χ4v) is 2.16. The molecule has 1 heterocycles. The van der Waals surface area contributed by atoms with Gasteiger partial charge in [0.15, 0.2) is 0 Å². The Morgan fingerprint density at radius 3 is 2.71 bits per heavy atom. The van der Waals surface area contributed by atoms with E-state index in [0.717, 1.165) is 25.4 Å². The van der Waals surface area contributed by atoms with Crippen LogP contribution in [0.5, 0.6) is 5.75 Å². The van der Waals surface area contributed by atoms with E-state index in [2.05, 4.69) is 36.5 Å². The van der Waals surface area contributed by atoms with E-state index in [1.807, 2.05) is 29.1 Å². The van der Waals surface area contributed by atoms with Crippen LogP contribution < -0.4 is 10.1 Å². The van der Waals surface area contributed by atoms with Crippen molar-refractivity contribution in [3.63, 3.8) is 0 Å². The molecule has 5 heteroatoms. The van der Waals surface area contributed by atoms with Crippen LogP contribution in [0.15, 0.2) is 36.7 Å². The molecule has 0 unspecified atom stereocenters. The van der Waals surface area contributed by atoms with E-state index in [4.69, 9.17) is 4.74 Å². The van der Waals surface area contributed by atoms with E-state index in [1.54, 1.807) is 7.11 Å². The maximum absolute atomic E-state index is 5.34. The van der Waals surface area contributed by atoms with Gasteiger partial charge in [-0.1, -0.05) is 32.0 Å². The van der Waals surface area contributed by atoms with Crippen LogP contribution in [0.2, 0.25) is 0 Å². The monoisotopic (exact) mass is 309 g/mol. The third-order valence-electron chi connectivity index (χ3n) is 3.08. The summed E-state index contributed by atoms with van der Waals surface area (Å²) in [5, 5.41) is 7.79. The van der Waals surface area contributed by atoms with Crippen molar-refractivity contribution < 1.29 is 4.74 Å². The molecule has 2 rings (SSSR count). The van der Waals surface area contributed by atoms with Gasteiger partial charge in [0.1, 0.15) is 5.75 Å². The Balaban J connectivity index is 0.00000220. The van der Waals surface area contributed by atoms with E-state index < -0.39 is 0 Å². The van der Waals surface area contributed by atoms with Crippen molar-refractivity contribution >= 4 is 12.4 Å². The van der Waals surface area contributed by atoms with Crippen LogP contribution in [0.1, 0.15) is 25.0 Å². The molecule has 0 saturated carbocycles. The van der Waals surface area contributed by atoms with Gasteiger partial charge in [0.25, 0.3) is 0 Å². The molecule has 0 aliphatic carbocycles. The van der Waals surface area contributed by atoms with E-state index in [9.17, 15) is 0 Å². The average Bonchev–Trinajstić information content (AvgIpc) is 2.86. The van der Waals surface area contributed by atoms with Gasteiger partial charge >= 0.3 is 0 Å². The van der Waals surface area contributed by atoms with Crippen LogP contribution in [0.3, 0.4) is 0 Å². The summed E-state index contributed by atoms with van der Waals surface area (Å²) < 4.78 is 7.34. The third kappa shape index (κ3) is 5.40. The van der Waals surface area contributed by atoms with Crippen molar-refractivity contribution in [2.45, 2.75) is 33.5 Å². The number of nitrogens with one attached hydrogen (secondary N) is 1. The van der Waals surface area contributed by atoms with Crippen molar-refractivity contribution in [3.8, 4) is 5.75 Å². The lowest BCUT2D eigenvalue weighted by Gasteiger charge is -2.08. The molecule has 0 spiro atoms. The Morgan fingerprint density at radius 2 is 2.00 bits per heavy atom. The highest BCUT2D eigenvalue weighted by molar-refractivity contribution is 5.85. The predicted molar refractivity (Wildman–Crippen MR) is 87.9 cm³/mol. The normalized spacial score (nSPS) is 10.5. The molecule has 1 aromatic heterocycles. The predicted octanol–water partition coefficient (Wildman–Crippen LogP) is 3.26. The topological polar surface area (TPSA) is 39.1 Å². The number of benzene rings is 1. The van der Waals surface area contributed by atoms with Gasteiger partial charge in [0, 0.05) is 37.0 Å². The summed E-state index contributed by atoms with van der Waals surface area (Å²) >= 11 is 0. The Kier molecular flexibility index (Phi) is 7.26. The zero-order valence-electron chi connectivity index (χ0n) is 12.9. The summed E-state index contributed by atoms with van der Waals surface area (Å²) in [6.07, 6.45) is 4.03. The van der Waals surface area contributed by atoms with E-state index in [-0.39, 0.29) is 12.4 Å². The smallest absolute Gasteiger partial charge is 0.123 e. The second-order valence-electron chi connectivity index (χ2n) is 5.38. The van der Waals surface area contributed by atoms with Crippen LogP contribution in [0, 0.1) is 5.92 Å². The summed E-state index contributed by atoms with van der Waals surface area (Å²) in [6.45, 7) is 6.96. The van der Waals surface area contributed by atoms with Crippen molar-refractivity contribution in [2.75, 3.05) is 7.11 Å². The number of aromatic nitrogens is 2. The number of halogens is 1. The van der Waals surface area contributed by atoms with Crippen molar-refractivity contribution in [2.24, 2.45) is 5.92 Å². The Labute approximate surface area is 132 Å². The Morgan fingerprint density at radius 1 is 1.24 bits per heavy atom. The highest BCUT2D eigenvalue weighted by Crippen LogP contribution is 2.16. The summed E-state index contributed by atoms with van der Waals surface area (Å²) in [7, 11) is 1.70. The molecule has 0 fully saturated rings. The molecular weight excluding hydrogens is 286 g/mol. The van der Waals surface area contributed by atoms with Crippen LogP contribution in [0.4, 0.5) is 0 Å². The minimum absolute atomic E-state index is 0. The van der Waals surface area contributed by atoms with Crippen molar-refractivity contribution in [3.05, 3.63) is 47.8 Å². The fourth-order valence-electron chi connectivity index (χ4n) is 2.16. The minimum Gasteiger partial charge on any atom is -0.496 e. The summed E-state index contributed by atoms with van der Waals surface area (Å²) in [5.74, 6) is 1.54. The van der Waals surface area contributed by atoms with Gasteiger partial charge in [-0.3, -0.25) is 4.68 Å². The lowest BCUT2D eigenvalue weighted by atomic mass is 10.2. The lowest BCUT2D eigenvalue weighted by molar-refractivity contribution is 0.407. The summed E-state index contributed by atoms with van der Waals surface area (Å²) in [5.41, 5.74) is 2.38. The molecule has 0 amide bonds. The number of hydrogen-bond acceptors (Lipinski definition) is 3. The molecule has 2 aromatic rings. The first-order valence-electron chi connectivity index (χ1n) is 7.03.